The highest BCUT2D eigenvalue weighted by Gasteiger charge is 2.36. The van der Waals surface area contributed by atoms with Crippen molar-refractivity contribution in [2.24, 2.45) is 0 Å². The summed E-state index contributed by atoms with van der Waals surface area (Å²) >= 11 is 3.33. The fraction of sp³-hybridized carbons (Fsp3) is 0.118. The quantitative estimate of drug-likeness (QED) is 0.610. The number of fused-ring (bicyclic) bond motifs is 1. The highest BCUT2D eigenvalue weighted by atomic mass is 79.9. The van der Waals surface area contributed by atoms with Gasteiger partial charge in [0.05, 0.1) is 11.1 Å². The molecule has 0 saturated carbocycles. The maximum atomic E-state index is 12.2. The average molecular weight is 374 g/mol. The summed E-state index contributed by atoms with van der Waals surface area (Å²) in [4.78, 5) is 37.1. The first kappa shape index (κ1) is 15.4. The maximum Gasteiger partial charge on any atom is 0.326 e. The average Bonchev–Trinajstić information content (AvgIpc) is 2.79. The summed E-state index contributed by atoms with van der Waals surface area (Å²) in [6.07, 6.45) is 0. The van der Waals surface area contributed by atoms with E-state index in [1.54, 1.807) is 24.3 Å². The topological polar surface area (TPSA) is 63.7 Å². The summed E-state index contributed by atoms with van der Waals surface area (Å²) < 4.78 is 6.02. The van der Waals surface area contributed by atoms with Crippen molar-refractivity contribution in [2.75, 3.05) is 6.54 Å². The maximum absolute atomic E-state index is 12.2. The second kappa shape index (κ2) is 6.34. The summed E-state index contributed by atoms with van der Waals surface area (Å²) in [5.41, 5.74) is 1.45. The molecule has 0 fully saturated rings. The van der Waals surface area contributed by atoms with Gasteiger partial charge in [-0.15, -0.1) is 0 Å². The van der Waals surface area contributed by atoms with Crippen LogP contribution in [0, 0.1) is 0 Å². The lowest BCUT2D eigenvalue weighted by atomic mass is 10.1. The molecule has 0 unspecified atom stereocenters. The van der Waals surface area contributed by atoms with E-state index >= 15 is 0 Å². The molecule has 0 atom stereocenters. The van der Waals surface area contributed by atoms with Gasteiger partial charge in [-0.25, -0.2) is 0 Å². The molecule has 1 aliphatic rings. The molecular weight excluding hydrogens is 362 g/mol. The van der Waals surface area contributed by atoms with Crippen LogP contribution in [0.2, 0.25) is 0 Å². The van der Waals surface area contributed by atoms with Crippen molar-refractivity contribution < 1.29 is 19.1 Å². The number of imide groups is 1. The van der Waals surface area contributed by atoms with Crippen LogP contribution >= 0.6 is 15.9 Å². The van der Waals surface area contributed by atoms with Crippen LogP contribution in [0.4, 0.5) is 0 Å². The molecule has 23 heavy (non-hydrogen) atoms. The number of ether oxygens (including phenoxy) is 1. The van der Waals surface area contributed by atoms with Gasteiger partial charge < -0.3 is 4.74 Å². The molecule has 5 nitrogen and oxygen atoms in total. The largest absolute Gasteiger partial charge is 0.459 e. The Morgan fingerprint density at radius 2 is 1.65 bits per heavy atom. The Morgan fingerprint density at radius 3 is 2.26 bits per heavy atom. The van der Waals surface area contributed by atoms with E-state index in [0.717, 1.165) is 14.9 Å². The number of benzene rings is 2. The number of esters is 1. The third kappa shape index (κ3) is 3.17. The number of carbonyl (C=O) groups is 3. The van der Waals surface area contributed by atoms with Gasteiger partial charge in [-0.1, -0.05) is 40.2 Å². The lowest BCUT2D eigenvalue weighted by molar-refractivity contribution is -0.145. The van der Waals surface area contributed by atoms with Crippen LogP contribution in [0.15, 0.2) is 53.0 Å². The van der Waals surface area contributed by atoms with Crippen LogP contribution in [-0.2, 0) is 16.1 Å². The van der Waals surface area contributed by atoms with E-state index in [1.165, 1.54) is 0 Å². The van der Waals surface area contributed by atoms with E-state index in [0.29, 0.717) is 11.1 Å². The molecule has 2 aromatic carbocycles. The van der Waals surface area contributed by atoms with E-state index < -0.39 is 17.8 Å². The van der Waals surface area contributed by atoms with Crippen LogP contribution in [0.5, 0.6) is 0 Å². The smallest absolute Gasteiger partial charge is 0.326 e. The number of nitrogens with zero attached hydrogens (tertiary/aromatic N) is 1. The second-order valence-electron chi connectivity index (χ2n) is 5.03. The molecule has 0 saturated heterocycles. The van der Waals surface area contributed by atoms with Crippen molar-refractivity contribution in [3.05, 3.63) is 69.7 Å². The van der Waals surface area contributed by atoms with E-state index in [1.807, 2.05) is 24.3 Å². The SMILES string of the molecule is O=C(CN1C(=O)c2ccccc2C1=O)OCc1cccc(Br)c1. The van der Waals surface area contributed by atoms with Crippen molar-refractivity contribution in [1.29, 1.82) is 0 Å². The molecule has 0 aromatic heterocycles. The minimum absolute atomic E-state index is 0.0848. The number of carbonyl (C=O) groups excluding carboxylic acids is 3. The Morgan fingerprint density at radius 1 is 1.00 bits per heavy atom. The van der Waals surface area contributed by atoms with Crippen LogP contribution in [0.1, 0.15) is 26.3 Å². The van der Waals surface area contributed by atoms with E-state index in [-0.39, 0.29) is 13.2 Å². The van der Waals surface area contributed by atoms with Gasteiger partial charge in [-0.05, 0) is 29.8 Å². The van der Waals surface area contributed by atoms with Gasteiger partial charge in [-0.2, -0.15) is 0 Å². The van der Waals surface area contributed by atoms with Crippen LogP contribution in [-0.4, -0.2) is 29.2 Å². The molecule has 3 rings (SSSR count). The Labute approximate surface area is 141 Å². The van der Waals surface area contributed by atoms with Crippen molar-refractivity contribution in [3.63, 3.8) is 0 Å². The van der Waals surface area contributed by atoms with Gasteiger partial charge in [0, 0.05) is 4.47 Å². The third-order valence-corrected chi connectivity index (χ3v) is 3.95. The van der Waals surface area contributed by atoms with Gasteiger partial charge in [0.1, 0.15) is 13.2 Å². The van der Waals surface area contributed by atoms with Crippen molar-refractivity contribution in [2.45, 2.75) is 6.61 Å². The molecule has 0 N–H and O–H groups in total. The second-order valence-corrected chi connectivity index (χ2v) is 5.95. The normalized spacial score (nSPS) is 13.2. The van der Waals surface area contributed by atoms with Crippen LogP contribution < -0.4 is 0 Å². The molecule has 0 bridgehead atoms. The first-order chi connectivity index (χ1) is 11.1. The summed E-state index contributed by atoms with van der Waals surface area (Å²) in [5.74, 6) is -1.56. The molecule has 0 spiro atoms. The van der Waals surface area contributed by atoms with E-state index in [2.05, 4.69) is 15.9 Å². The van der Waals surface area contributed by atoms with Gasteiger partial charge in [0.25, 0.3) is 11.8 Å². The highest BCUT2D eigenvalue weighted by Crippen LogP contribution is 2.22. The standard InChI is InChI=1S/C17H12BrNO4/c18-12-5-3-4-11(8-12)10-23-15(20)9-19-16(21)13-6-1-2-7-14(13)17(19)22/h1-8H,9-10H2. The summed E-state index contributed by atoms with van der Waals surface area (Å²) in [6, 6.07) is 13.8. The number of amides is 2. The molecule has 116 valence electrons. The highest BCUT2D eigenvalue weighted by molar-refractivity contribution is 9.10. The molecular formula is C17H12BrNO4. The number of hydrogen-bond acceptors (Lipinski definition) is 4. The molecule has 1 heterocycles. The van der Waals surface area contributed by atoms with Crippen LogP contribution in [0.3, 0.4) is 0 Å². The predicted molar refractivity (Wildman–Crippen MR) is 85.7 cm³/mol. The lowest BCUT2D eigenvalue weighted by Gasteiger charge is -2.13. The first-order valence-electron chi connectivity index (χ1n) is 6.91. The van der Waals surface area contributed by atoms with Gasteiger partial charge in [0.15, 0.2) is 0 Å². The van der Waals surface area contributed by atoms with Crippen molar-refractivity contribution in [3.8, 4) is 0 Å². The predicted octanol–water partition coefficient (Wildman–Crippen LogP) is 2.79. The monoisotopic (exact) mass is 373 g/mol. The minimum Gasteiger partial charge on any atom is -0.459 e. The zero-order chi connectivity index (χ0) is 16.4. The molecule has 0 aliphatic carbocycles. The molecule has 0 radical (unpaired) electrons. The molecule has 2 aromatic rings. The van der Waals surface area contributed by atoms with Crippen molar-refractivity contribution >= 4 is 33.7 Å². The summed E-state index contributed by atoms with van der Waals surface area (Å²) in [6.45, 7) is -0.304. The number of rotatable bonds is 4. The third-order valence-electron chi connectivity index (χ3n) is 3.45. The van der Waals surface area contributed by atoms with Gasteiger partial charge in [-0.3, -0.25) is 19.3 Å². The zero-order valence-electron chi connectivity index (χ0n) is 12.0. The Kier molecular flexibility index (Phi) is 4.25. The lowest BCUT2D eigenvalue weighted by Crippen LogP contribution is -2.35. The molecule has 1 aliphatic heterocycles. The fourth-order valence-corrected chi connectivity index (χ4v) is 2.79. The summed E-state index contributed by atoms with van der Waals surface area (Å²) in [5, 5.41) is 0. The Balaban J connectivity index is 1.63. The minimum atomic E-state index is -0.625. The molecule has 2 amide bonds. The van der Waals surface area contributed by atoms with Crippen LogP contribution in [0.25, 0.3) is 0 Å². The first-order valence-corrected chi connectivity index (χ1v) is 7.71. The fourth-order valence-electron chi connectivity index (χ4n) is 2.35. The Bertz CT molecular complexity index is 768. The molecule has 6 heteroatoms. The number of halogens is 1. The van der Waals surface area contributed by atoms with E-state index in [4.69, 9.17) is 4.74 Å². The van der Waals surface area contributed by atoms with Crippen molar-refractivity contribution in [1.82, 2.24) is 4.90 Å². The Hall–Kier alpha value is -2.47. The number of hydrogen-bond donors (Lipinski definition) is 0. The van der Waals surface area contributed by atoms with E-state index in [9.17, 15) is 14.4 Å². The van der Waals surface area contributed by atoms with Gasteiger partial charge >= 0.3 is 5.97 Å². The van der Waals surface area contributed by atoms with Gasteiger partial charge in [0.2, 0.25) is 0 Å². The zero-order valence-corrected chi connectivity index (χ0v) is 13.6. The summed E-state index contributed by atoms with van der Waals surface area (Å²) in [7, 11) is 0.